The molecule has 0 bridgehead atoms. The second kappa shape index (κ2) is 6.41. The second-order valence-electron chi connectivity index (χ2n) is 5.36. The molecule has 0 radical (unpaired) electrons. The average Bonchev–Trinajstić information content (AvgIpc) is 2.97. The first-order chi connectivity index (χ1) is 10.2. The van der Waals surface area contributed by atoms with E-state index in [1.807, 2.05) is 25.1 Å². The molecular weight excluding hydrogens is 286 g/mol. The van der Waals surface area contributed by atoms with Crippen molar-refractivity contribution in [3.63, 3.8) is 0 Å². The van der Waals surface area contributed by atoms with Gasteiger partial charge in [-0.3, -0.25) is 4.90 Å². The Morgan fingerprint density at radius 2 is 1.95 bits per heavy atom. The molecule has 1 aromatic carbocycles. The Morgan fingerprint density at radius 1 is 1.14 bits per heavy atom. The smallest absolute Gasteiger partial charge is 0.238 e. The van der Waals surface area contributed by atoms with Crippen molar-refractivity contribution < 1.29 is 4.74 Å². The Balaban J connectivity index is 1.70. The normalized spacial score (nSPS) is 15.3. The highest BCUT2D eigenvalue weighted by molar-refractivity contribution is 6.32. The molecule has 0 spiro atoms. The van der Waals surface area contributed by atoms with Crippen LogP contribution in [0.15, 0.2) is 30.3 Å². The van der Waals surface area contributed by atoms with Crippen molar-refractivity contribution in [1.82, 2.24) is 15.1 Å². The molecule has 0 unspecified atom stereocenters. The molecular formula is C16H18ClN3O. The van der Waals surface area contributed by atoms with Crippen LogP contribution in [0, 0.1) is 6.92 Å². The largest absolute Gasteiger partial charge is 0.436 e. The van der Waals surface area contributed by atoms with Crippen LogP contribution in [0.5, 0.6) is 11.6 Å². The molecule has 2 heterocycles. The zero-order valence-corrected chi connectivity index (χ0v) is 12.8. The van der Waals surface area contributed by atoms with E-state index in [9.17, 15) is 0 Å². The van der Waals surface area contributed by atoms with Gasteiger partial charge in [-0.2, -0.15) is 5.10 Å². The highest BCUT2D eigenvalue weighted by Gasteiger charge is 2.13. The number of nitrogens with zero attached hydrogens (tertiary/aromatic N) is 3. The van der Waals surface area contributed by atoms with E-state index in [1.54, 1.807) is 6.07 Å². The van der Waals surface area contributed by atoms with E-state index in [-0.39, 0.29) is 0 Å². The van der Waals surface area contributed by atoms with Crippen LogP contribution in [0.4, 0.5) is 0 Å². The van der Waals surface area contributed by atoms with Crippen LogP contribution in [-0.2, 0) is 6.54 Å². The molecule has 1 aromatic heterocycles. The van der Waals surface area contributed by atoms with Gasteiger partial charge in [0.2, 0.25) is 5.88 Å². The third kappa shape index (κ3) is 3.71. The summed E-state index contributed by atoms with van der Waals surface area (Å²) in [5.41, 5.74) is 2.07. The molecule has 21 heavy (non-hydrogen) atoms. The molecule has 2 aromatic rings. The van der Waals surface area contributed by atoms with Gasteiger partial charge in [-0.25, -0.2) is 0 Å². The number of ether oxygens (including phenoxy) is 1. The van der Waals surface area contributed by atoms with Gasteiger partial charge in [0.15, 0.2) is 0 Å². The van der Waals surface area contributed by atoms with E-state index in [4.69, 9.17) is 16.3 Å². The first kappa shape index (κ1) is 14.3. The van der Waals surface area contributed by atoms with Gasteiger partial charge in [0, 0.05) is 12.6 Å². The maximum atomic E-state index is 6.30. The summed E-state index contributed by atoms with van der Waals surface area (Å²) in [4.78, 5) is 2.44. The monoisotopic (exact) mass is 303 g/mol. The average molecular weight is 304 g/mol. The molecule has 0 atom stereocenters. The van der Waals surface area contributed by atoms with Gasteiger partial charge in [0.05, 0.1) is 10.7 Å². The molecule has 3 rings (SSSR count). The van der Waals surface area contributed by atoms with Crippen LogP contribution in [-0.4, -0.2) is 28.2 Å². The minimum atomic E-state index is 0.454. The summed E-state index contributed by atoms with van der Waals surface area (Å²) in [6.07, 6.45) is 2.59. The van der Waals surface area contributed by atoms with Crippen molar-refractivity contribution in [2.24, 2.45) is 0 Å². The molecule has 1 fully saturated rings. The summed E-state index contributed by atoms with van der Waals surface area (Å²) < 4.78 is 5.67. The minimum Gasteiger partial charge on any atom is -0.436 e. The van der Waals surface area contributed by atoms with Crippen molar-refractivity contribution in [2.45, 2.75) is 26.3 Å². The fraction of sp³-hybridized carbons (Fsp3) is 0.375. The topological polar surface area (TPSA) is 38.2 Å². The summed E-state index contributed by atoms with van der Waals surface area (Å²) in [6.45, 7) is 5.19. The summed E-state index contributed by atoms with van der Waals surface area (Å²) in [5, 5.41) is 8.55. The summed E-state index contributed by atoms with van der Waals surface area (Å²) >= 11 is 6.30. The lowest BCUT2D eigenvalue weighted by molar-refractivity contribution is 0.331. The predicted molar refractivity (Wildman–Crippen MR) is 82.8 cm³/mol. The van der Waals surface area contributed by atoms with E-state index in [0.717, 1.165) is 12.2 Å². The van der Waals surface area contributed by atoms with Crippen molar-refractivity contribution >= 4 is 11.6 Å². The van der Waals surface area contributed by atoms with Crippen LogP contribution in [0.25, 0.3) is 0 Å². The molecule has 110 valence electrons. The zero-order chi connectivity index (χ0) is 14.7. The van der Waals surface area contributed by atoms with Gasteiger partial charge >= 0.3 is 0 Å². The van der Waals surface area contributed by atoms with Crippen LogP contribution >= 0.6 is 11.6 Å². The molecule has 0 aliphatic carbocycles. The lowest BCUT2D eigenvalue weighted by atomic mass is 10.2. The fourth-order valence-corrected chi connectivity index (χ4v) is 2.72. The van der Waals surface area contributed by atoms with Crippen molar-refractivity contribution in [3.8, 4) is 11.6 Å². The first-order valence-electron chi connectivity index (χ1n) is 7.20. The highest BCUT2D eigenvalue weighted by Crippen LogP contribution is 2.29. The lowest BCUT2D eigenvalue weighted by Crippen LogP contribution is -2.18. The molecule has 0 N–H and O–H groups in total. The second-order valence-corrected chi connectivity index (χ2v) is 5.77. The van der Waals surface area contributed by atoms with E-state index in [0.29, 0.717) is 16.7 Å². The Hall–Kier alpha value is -1.65. The van der Waals surface area contributed by atoms with Crippen LogP contribution in [0.3, 0.4) is 0 Å². The number of aryl methyl sites for hydroxylation is 1. The number of rotatable bonds is 4. The number of aromatic nitrogens is 2. The maximum Gasteiger partial charge on any atom is 0.238 e. The molecule has 1 aliphatic heterocycles. The standard InChI is InChI=1S/C16H18ClN3O/c1-12-4-7-16(19-18-12)21-15-6-5-13(10-14(15)17)11-20-8-2-3-9-20/h4-7,10H,2-3,8-9,11H2,1H3. The van der Waals surface area contributed by atoms with Crippen molar-refractivity contribution in [1.29, 1.82) is 0 Å². The zero-order valence-electron chi connectivity index (χ0n) is 12.1. The van der Waals surface area contributed by atoms with Gasteiger partial charge in [-0.15, -0.1) is 5.10 Å². The SMILES string of the molecule is Cc1ccc(Oc2ccc(CN3CCCC3)cc2Cl)nn1. The molecule has 1 saturated heterocycles. The fourth-order valence-electron chi connectivity index (χ4n) is 2.48. The number of benzene rings is 1. The van der Waals surface area contributed by atoms with Gasteiger partial charge in [-0.05, 0) is 56.6 Å². The van der Waals surface area contributed by atoms with Crippen LogP contribution < -0.4 is 4.74 Å². The van der Waals surface area contributed by atoms with Crippen molar-refractivity contribution in [3.05, 3.63) is 46.6 Å². The van der Waals surface area contributed by atoms with E-state index in [2.05, 4.69) is 21.2 Å². The molecule has 5 heteroatoms. The highest BCUT2D eigenvalue weighted by atomic mass is 35.5. The summed E-state index contributed by atoms with van der Waals surface area (Å²) in [6, 6.07) is 9.57. The number of hydrogen-bond donors (Lipinski definition) is 0. The number of likely N-dealkylation sites (tertiary alicyclic amines) is 1. The quantitative estimate of drug-likeness (QED) is 0.860. The summed E-state index contributed by atoms with van der Waals surface area (Å²) in [5.74, 6) is 1.06. The molecule has 0 saturated carbocycles. The van der Waals surface area contributed by atoms with Gasteiger partial charge in [0.1, 0.15) is 5.75 Å². The Labute approximate surface area is 129 Å². The third-order valence-corrected chi connectivity index (χ3v) is 3.88. The Bertz CT molecular complexity index is 609. The first-order valence-corrected chi connectivity index (χ1v) is 7.57. The van der Waals surface area contributed by atoms with E-state index in [1.165, 1.54) is 31.5 Å². The third-order valence-electron chi connectivity index (χ3n) is 3.59. The Morgan fingerprint density at radius 3 is 2.62 bits per heavy atom. The van der Waals surface area contributed by atoms with Gasteiger partial charge in [0.25, 0.3) is 0 Å². The van der Waals surface area contributed by atoms with Crippen molar-refractivity contribution in [2.75, 3.05) is 13.1 Å². The number of hydrogen-bond acceptors (Lipinski definition) is 4. The van der Waals surface area contributed by atoms with Crippen LogP contribution in [0.1, 0.15) is 24.1 Å². The number of halogens is 1. The molecule has 0 amide bonds. The van der Waals surface area contributed by atoms with E-state index >= 15 is 0 Å². The van der Waals surface area contributed by atoms with Gasteiger partial charge < -0.3 is 4.74 Å². The predicted octanol–water partition coefficient (Wildman–Crippen LogP) is 3.83. The van der Waals surface area contributed by atoms with Crippen LogP contribution in [0.2, 0.25) is 5.02 Å². The van der Waals surface area contributed by atoms with E-state index < -0.39 is 0 Å². The maximum absolute atomic E-state index is 6.30. The minimum absolute atomic E-state index is 0.454. The Kier molecular flexibility index (Phi) is 4.36. The summed E-state index contributed by atoms with van der Waals surface area (Å²) in [7, 11) is 0. The molecule has 4 nitrogen and oxygen atoms in total. The van der Waals surface area contributed by atoms with Gasteiger partial charge in [-0.1, -0.05) is 17.7 Å². The molecule has 1 aliphatic rings. The lowest BCUT2D eigenvalue weighted by Gasteiger charge is -2.15.